The van der Waals surface area contributed by atoms with E-state index in [1.54, 1.807) is 0 Å². The summed E-state index contributed by atoms with van der Waals surface area (Å²) in [6.07, 6.45) is 9.14. The highest BCUT2D eigenvalue weighted by molar-refractivity contribution is 7.91. The predicted octanol–water partition coefficient (Wildman–Crippen LogP) is 5.00. The van der Waals surface area contributed by atoms with Crippen LogP contribution in [0.2, 0.25) is 0 Å². The maximum absolute atomic E-state index is 12.3. The molecule has 1 fully saturated rings. The highest BCUT2D eigenvalue weighted by Gasteiger charge is 2.53. The lowest BCUT2D eigenvalue weighted by atomic mass is 9.79. The largest absolute Gasteiger partial charge is 0.229 e. The number of sulfone groups is 1. The van der Waals surface area contributed by atoms with Crippen molar-refractivity contribution in [2.24, 2.45) is 16.2 Å². The Balaban J connectivity index is 2.35. The van der Waals surface area contributed by atoms with Crippen LogP contribution in [0, 0.1) is 16.2 Å². The Bertz CT molecular complexity index is 454. The highest BCUT2D eigenvalue weighted by atomic mass is 32.2. The lowest BCUT2D eigenvalue weighted by molar-refractivity contribution is 0.239. The fourth-order valence-corrected chi connectivity index (χ4v) is 5.05. The van der Waals surface area contributed by atoms with Gasteiger partial charge in [0.05, 0.1) is 11.5 Å². The van der Waals surface area contributed by atoms with E-state index < -0.39 is 9.84 Å². The van der Waals surface area contributed by atoms with Crippen molar-refractivity contribution < 1.29 is 8.42 Å². The second-order valence-corrected chi connectivity index (χ2v) is 11.2. The van der Waals surface area contributed by atoms with Crippen LogP contribution in [0.15, 0.2) is 12.2 Å². The molecular weight excluding hydrogens is 280 g/mol. The molecule has 1 rings (SSSR count). The van der Waals surface area contributed by atoms with E-state index >= 15 is 0 Å². The lowest BCUT2D eigenvalue weighted by Crippen LogP contribution is -2.30. The van der Waals surface area contributed by atoms with Crippen molar-refractivity contribution in [3.63, 3.8) is 0 Å². The summed E-state index contributed by atoms with van der Waals surface area (Å²) in [5.74, 6) is 0.722. The van der Waals surface area contributed by atoms with E-state index in [-0.39, 0.29) is 10.8 Å². The average Bonchev–Trinajstić information content (AvgIpc) is 3.01. The van der Waals surface area contributed by atoms with Crippen molar-refractivity contribution in [1.29, 1.82) is 0 Å². The first-order chi connectivity index (χ1) is 9.37. The van der Waals surface area contributed by atoms with Crippen LogP contribution >= 0.6 is 0 Å². The fraction of sp³-hybridized carbons (Fsp3) is 0.889. The molecule has 0 aromatic rings. The first kappa shape index (κ1) is 18.7. The van der Waals surface area contributed by atoms with Crippen molar-refractivity contribution >= 4 is 9.84 Å². The third-order valence-electron chi connectivity index (χ3n) is 4.66. The van der Waals surface area contributed by atoms with E-state index in [0.29, 0.717) is 16.9 Å². The van der Waals surface area contributed by atoms with E-state index in [1.165, 1.54) is 0 Å². The predicted molar refractivity (Wildman–Crippen MR) is 92.2 cm³/mol. The van der Waals surface area contributed by atoms with Gasteiger partial charge in [-0.3, -0.25) is 0 Å². The van der Waals surface area contributed by atoms with Crippen LogP contribution in [0.25, 0.3) is 0 Å². The van der Waals surface area contributed by atoms with E-state index in [0.717, 1.165) is 32.1 Å². The first-order valence-corrected chi connectivity index (χ1v) is 10.0. The van der Waals surface area contributed by atoms with Crippen LogP contribution in [0.1, 0.15) is 73.6 Å². The van der Waals surface area contributed by atoms with Gasteiger partial charge in [0, 0.05) is 0 Å². The molecule has 0 radical (unpaired) electrons. The molecule has 0 atom stereocenters. The molecular formula is C18H34O2S. The quantitative estimate of drug-likeness (QED) is 0.489. The second-order valence-electron chi connectivity index (χ2n) is 9.00. The van der Waals surface area contributed by atoms with Gasteiger partial charge in [0.15, 0.2) is 9.84 Å². The van der Waals surface area contributed by atoms with Crippen molar-refractivity contribution in [3.05, 3.63) is 12.2 Å². The maximum atomic E-state index is 12.3. The van der Waals surface area contributed by atoms with Crippen LogP contribution in [-0.4, -0.2) is 19.9 Å². The summed E-state index contributed by atoms with van der Waals surface area (Å²) in [7, 11) is -2.91. The number of hydrogen-bond acceptors (Lipinski definition) is 2. The van der Waals surface area contributed by atoms with Crippen LogP contribution in [-0.2, 0) is 9.84 Å². The normalized spacial score (nSPS) is 19.1. The molecule has 0 aromatic heterocycles. The average molecular weight is 315 g/mol. The lowest BCUT2D eigenvalue weighted by Gasteiger charge is -2.30. The van der Waals surface area contributed by atoms with Gasteiger partial charge in [0.2, 0.25) is 0 Å². The van der Waals surface area contributed by atoms with E-state index in [1.807, 2.05) is 0 Å². The molecule has 21 heavy (non-hydrogen) atoms. The van der Waals surface area contributed by atoms with Crippen molar-refractivity contribution in [3.8, 4) is 0 Å². The minimum absolute atomic E-state index is 0.0495. The molecule has 0 spiro atoms. The summed E-state index contributed by atoms with van der Waals surface area (Å²) in [5, 5.41) is 0. The molecule has 0 N–H and O–H groups in total. The van der Waals surface area contributed by atoms with Gasteiger partial charge in [0.1, 0.15) is 0 Å². The summed E-state index contributed by atoms with van der Waals surface area (Å²) in [6.45, 7) is 13.1. The molecule has 124 valence electrons. The zero-order chi connectivity index (χ0) is 16.4. The Hall–Kier alpha value is -0.310. The Morgan fingerprint density at radius 3 is 2.00 bits per heavy atom. The van der Waals surface area contributed by atoms with Crippen LogP contribution in [0.5, 0.6) is 0 Å². The summed E-state index contributed by atoms with van der Waals surface area (Å²) in [5.41, 5.74) is 0.466. The molecule has 0 saturated heterocycles. The number of hydrogen-bond donors (Lipinski definition) is 0. The topological polar surface area (TPSA) is 34.1 Å². The number of allylic oxidation sites excluding steroid dienone is 2. The minimum Gasteiger partial charge on any atom is -0.229 e. The molecule has 2 nitrogen and oxygen atoms in total. The molecule has 0 aromatic carbocycles. The van der Waals surface area contributed by atoms with Crippen LogP contribution in [0.3, 0.4) is 0 Å². The summed E-state index contributed by atoms with van der Waals surface area (Å²) in [6, 6.07) is 0. The standard InChI is InChI=1S/C18H34O2S/c1-16(2,3)11-9-7-8-10-14-21(19,20)15-18(12-13-18)17(4,5)6/h7,9H,8,10-15H2,1-6H3/b9-7+. The zero-order valence-electron chi connectivity index (χ0n) is 14.8. The van der Waals surface area contributed by atoms with Gasteiger partial charge in [-0.2, -0.15) is 0 Å². The molecule has 0 bridgehead atoms. The monoisotopic (exact) mass is 314 g/mol. The third kappa shape index (κ3) is 6.54. The second kappa shape index (κ2) is 6.44. The van der Waals surface area contributed by atoms with Crippen molar-refractivity contribution in [2.45, 2.75) is 73.6 Å². The third-order valence-corrected chi connectivity index (χ3v) is 6.57. The molecule has 1 aliphatic carbocycles. The Morgan fingerprint density at radius 1 is 1.00 bits per heavy atom. The molecule has 1 aliphatic rings. The summed E-state index contributed by atoms with van der Waals surface area (Å²) < 4.78 is 24.6. The van der Waals surface area contributed by atoms with Crippen molar-refractivity contribution in [2.75, 3.05) is 11.5 Å². The van der Waals surface area contributed by atoms with Crippen LogP contribution < -0.4 is 0 Å². The van der Waals surface area contributed by atoms with Gasteiger partial charge in [-0.15, -0.1) is 0 Å². The Labute approximate surface area is 132 Å². The van der Waals surface area contributed by atoms with E-state index in [4.69, 9.17) is 0 Å². The number of rotatable bonds is 7. The van der Waals surface area contributed by atoms with E-state index in [9.17, 15) is 8.42 Å². The Morgan fingerprint density at radius 2 is 1.57 bits per heavy atom. The summed E-state index contributed by atoms with van der Waals surface area (Å²) in [4.78, 5) is 0. The molecule has 0 heterocycles. The van der Waals surface area contributed by atoms with Gasteiger partial charge >= 0.3 is 0 Å². The zero-order valence-corrected chi connectivity index (χ0v) is 15.6. The smallest absolute Gasteiger partial charge is 0.150 e. The summed E-state index contributed by atoms with van der Waals surface area (Å²) >= 11 is 0. The van der Waals surface area contributed by atoms with Gasteiger partial charge in [-0.1, -0.05) is 53.7 Å². The fourth-order valence-electron chi connectivity index (χ4n) is 2.73. The van der Waals surface area contributed by atoms with Gasteiger partial charge in [0.25, 0.3) is 0 Å². The van der Waals surface area contributed by atoms with Crippen molar-refractivity contribution in [1.82, 2.24) is 0 Å². The molecule has 0 unspecified atom stereocenters. The number of unbranched alkanes of at least 4 members (excludes halogenated alkanes) is 1. The molecule has 0 amide bonds. The van der Waals surface area contributed by atoms with Gasteiger partial charge in [-0.25, -0.2) is 8.42 Å². The molecule has 3 heteroatoms. The maximum Gasteiger partial charge on any atom is 0.150 e. The SMILES string of the molecule is CC(C)(C)C/C=C/CCCS(=O)(=O)CC1(C(C)(C)C)CC1. The van der Waals surface area contributed by atoms with Crippen LogP contribution in [0.4, 0.5) is 0 Å². The van der Waals surface area contributed by atoms with Gasteiger partial charge in [-0.05, 0) is 48.3 Å². The highest BCUT2D eigenvalue weighted by Crippen LogP contribution is 2.59. The van der Waals surface area contributed by atoms with E-state index in [2.05, 4.69) is 53.7 Å². The molecule has 1 saturated carbocycles. The molecule has 0 aliphatic heterocycles. The first-order valence-electron chi connectivity index (χ1n) is 8.22. The minimum atomic E-state index is -2.91. The Kier molecular flexibility index (Phi) is 5.74. The van der Waals surface area contributed by atoms with Gasteiger partial charge < -0.3 is 0 Å².